The number of aliphatic carboxylic acids is 1. The lowest BCUT2D eigenvalue weighted by Crippen LogP contribution is -2.43. The maximum absolute atomic E-state index is 12.1. The van der Waals surface area contributed by atoms with Crippen LogP contribution in [0.25, 0.3) is 0 Å². The maximum Gasteiger partial charge on any atom is 0.321 e. The molecule has 1 unspecified atom stereocenters. The van der Waals surface area contributed by atoms with Crippen molar-refractivity contribution in [3.63, 3.8) is 0 Å². The Balaban J connectivity index is 1.92. The van der Waals surface area contributed by atoms with Gasteiger partial charge in [0.05, 0.1) is 6.42 Å². The number of nitrogens with zero attached hydrogens (tertiary/aromatic N) is 1. The van der Waals surface area contributed by atoms with E-state index in [1.807, 2.05) is 16.7 Å². The van der Waals surface area contributed by atoms with Crippen molar-refractivity contribution in [2.24, 2.45) is 0 Å². The third-order valence-corrected chi connectivity index (χ3v) is 4.23. The van der Waals surface area contributed by atoms with Crippen LogP contribution in [0.2, 0.25) is 0 Å². The summed E-state index contributed by atoms with van der Waals surface area (Å²) < 4.78 is 0. The molecule has 108 valence electrons. The first kappa shape index (κ1) is 14.7. The molecule has 0 saturated carbocycles. The zero-order valence-electron chi connectivity index (χ0n) is 11.3. The van der Waals surface area contributed by atoms with Crippen LogP contribution in [0.1, 0.15) is 12.5 Å². The lowest BCUT2D eigenvalue weighted by molar-refractivity contribution is -0.136. The summed E-state index contributed by atoms with van der Waals surface area (Å²) in [5.41, 5.74) is 1.41. The van der Waals surface area contributed by atoms with Crippen LogP contribution >= 0.6 is 11.8 Å². The van der Waals surface area contributed by atoms with Crippen molar-refractivity contribution in [3.05, 3.63) is 29.8 Å². The van der Waals surface area contributed by atoms with E-state index in [-0.39, 0.29) is 12.5 Å². The molecule has 1 aliphatic heterocycles. The average molecular weight is 294 g/mol. The van der Waals surface area contributed by atoms with Gasteiger partial charge in [-0.2, -0.15) is 11.8 Å². The second-order valence-corrected chi connectivity index (χ2v) is 6.37. The molecule has 5 nitrogen and oxygen atoms in total. The Morgan fingerprint density at radius 1 is 1.40 bits per heavy atom. The Kier molecular flexibility index (Phi) is 4.89. The first-order valence-corrected chi connectivity index (χ1v) is 7.58. The molecule has 0 aliphatic carbocycles. The Hall–Kier alpha value is -1.69. The number of benzene rings is 1. The van der Waals surface area contributed by atoms with Crippen molar-refractivity contribution >= 4 is 29.4 Å². The molecule has 1 fully saturated rings. The third-order valence-electron chi connectivity index (χ3n) is 3.09. The van der Waals surface area contributed by atoms with Crippen molar-refractivity contribution in [3.8, 4) is 0 Å². The lowest BCUT2D eigenvalue weighted by Gasteiger charge is -2.30. The molecule has 1 aromatic rings. The Morgan fingerprint density at radius 3 is 2.70 bits per heavy atom. The van der Waals surface area contributed by atoms with Crippen LogP contribution in [0.5, 0.6) is 0 Å². The highest BCUT2D eigenvalue weighted by Crippen LogP contribution is 2.19. The predicted octanol–water partition coefficient (Wildman–Crippen LogP) is 2.28. The van der Waals surface area contributed by atoms with Gasteiger partial charge in [-0.15, -0.1) is 0 Å². The average Bonchev–Trinajstić information content (AvgIpc) is 2.40. The number of carbonyl (C=O) groups is 2. The molecular formula is C14H18N2O3S. The van der Waals surface area contributed by atoms with E-state index in [0.717, 1.165) is 24.4 Å². The van der Waals surface area contributed by atoms with Gasteiger partial charge in [0.15, 0.2) is 0 Å². The SMILES string of the molecule is CC1CN(C(=O)Nc2ccc(CC(=O)O)cc2)CCS1. The van der Waals surface area contributed by atoms with Crippen molar-refractivity contribution in [1.82, 2.24) is 4.90 Å². The number of amides is 2. The first-order valence-electron chi connectivity index (χ1n) is 6.53. The van der Waals surface area contributed by atoms with Gasteiger partial charge in [0.1, 0.15) is 0 Å². The summed E-state index contributed by atoms with van der Waals surface area (Å²) in [5, 5.41) is 12.0. The molecule has 1 saturated heterocycles. The van der Waals surface area contributed by atoms with Gasteiger partial charge in [-0.05, 0) is 17.7 Å². The van der Waals surface area contributed by atoms with E-state index < -0.39 is 5.97 Å². The second kappa shape index (κ2) is 6.65. The van der Waals surface area contributed by atoms with Crippen molar-refractivity contribution in [1.29, 1.82) is 0 Å². The van der Waals surface area contributed by atoms with E-state index in [4.69, 9.17) is 5.11 Å². The van der Waals surface area contributed by atoms with Crippen molar-refractivity contribution < 1.29 is 14.7 Å². The number of carboxylic acids is 1. The number of hydrogen-bond acceptors (Lipinski definition) is 3. The van der Waals surface area contributed by atoms with Crippen LogP contribution in [0.15, 0.2) is 24.3 Å². The van der Waals surface area contributed by atoms with E-state index in [1.165, 1.54) is 0 Å². The van der Waals surface area contributed by atoms with Crippen molar-refractivity contribution in [2.45, 2.75) is 18.6 Å². The van der Waals surface area contributed by atoms with Crippen LogP contribution in [0, 0.1) is 0 Å². The minimum atomic E-state index is -0.860. The Bertz CT molecular complexity index is 490. The van der Waals surface area contributed by atoms with E-state index in [2.05, 4.69) is 12.2 Å². The Labute approximate surface area is 122 Å². The zero-order chi connectivity index (χ0) is 14.5. The molecule has 1 heterocycles. The number of thioether (sulfide) groups is 1. The van der Waals surface area contributed by atoms with Gasteiger partial charge in [-0.25, -0.2) is 4.79 Å². The number of rotatable bonds is 3. The van der Waals surface area contributed by atoms with Gasteiger partial charge < -0.3 is 15.3 Å². The number of carbonyl (C=O) groups excluding carboxylic acids is 1. The number of nitrogens with one attached hydrogen (secondary N) is 1. The smallest absolute Gasteiger partial charge is 0.321 e. The summed E-state index contributed by atoms with van der Waals surface area (Å²) >= 11 is 1.88. The fourth-order valence-corrected chi connectivity index (χ4v) is 3.10. The van der Waals surface area contributed by atoms with Crippen LogP contribution in [0.4, 0.5) is 10.5 Å². The lowest BCUT2D eigenvalue weighted by atomic mass is 10.1. The van der Waals surface area contributed by atoms with E-state index in [9.17, 15) is 9.59 Å². The highest BCUT2D eigenvalue weighted by atomic mass is 32.2. The normalized spacial score (nSPS) is 18.6. The van der Waals surface area contributed by atoms with Crippen LogP contribution < -0.4 is 5.32 Å². The quantitative estimate of drug-likeness (QED) is 0.897. The maximum atomic E-state index is 12.1. The summed E-state index contributed by atoms with van der Waals surface area (Å²) in [6.45, 7) is 3.64. The molecule has 20 heavy (non-hydrogen) atoms. The van der Waals surface area contributed by atoms with Crippen LogP contribution in [-0.4, -0.2) is 46.1 Å². The van der Waals surface area contributed by atoms with E-state index >= 15 is 0 Å². The predicted molar refractivity (Wildman–Crippen MR) is 80.3 cm³/mol. The molecule has 0 radical (unpaired) electrons. The molecule has 2 N–H and O–H groups in total. The molecule has 0 spiro atoms. The van der Waals surface area contributed by atoms with E-state index in [1.54, 1.807) is 24.3 Å². The minimum absolute atomic E-state index is 0.00487. The standard InChI is InChI=1S/C14H18N2O3S/c1-10-9-16(6-7-20-10)14(19)15-12-4-2-11(3-5-12)8-13(17)18/h2-5,10H,6-9H2,1H3,(H,15,19)(H,17,18). The van der Waals surface area contributed by atoms with Gasteiger partial charge in [0.2, 0.25) is 0 Å². The molecule has 0 aromatic heterocycles. The highest BCUT2D eigenvalue weighted by molar-refractivity contribution is 7.99. The summed E-state index contributed by atoms with van der Waals surface area (Å²) in [5.74, 6) is 0.105. The molecule has 1 aromatic carbocycles. The zero-order valence-corrected chi connectivity index (χ0v) is 12.2. The first-order chi connectivity index (χ1) is 9.54. The fraction of sp³-hybridized carbons (Fsp3) is 0.429. The van der Waals surface area contributed by atoms with Gasteiger partial charge in [-0.3, -0.25) is 4.79 Å². The van der Waals surface area contributed by atoms with Crippen molar-refractivity contribution in [2.75, 3.05) is 24.2 Å². The largest absolute Gasteiger partial charge is 0.481 e. The monoisotopic (exact) mass is 294 g/mol. The third kappa shape index (κ3) is 4.16. The van der Waals surface area contributed by atoms with Gasteiger partial charge in [0, 0.05) is 29.8 Å². The topological polar surface area (TPSA) is 69.6 Å². The van der Waals surface area contributed by atoms with Crippen LogP contribution in [0.3, 0.4) is 0 Å². The molecule has 2 rings (SSSR count). The number of anilines is 1. The van der Waals surface area contributed by atoms with E-state index in [0.29, 0.717) is 10.9 Å². The molecule has 1 atom stereocenters. The molecule has 1 aliphatic rings. The number of carboxylic acid groups (broad SMARTS) is 1. The number of hydrogen-bond donors (Lipinski definition) is 2. The summed E-state index contributed by atoms with van der Waals surface area (Å²) in [6.07, 6.45) is -0.00487. The summed E-state index contributed by atoms with van der Waals surface area (Å²) in [7, 11) is 0. The van der Waals surface area contributed by atoms with Gasteiger partial charge >= 0.3 is 12.0 Å². The molecule has 6 heteroatoms. The summed E-state index contributed by atoms with van der Waals surface area (Å²) in [4.78, 5) is 24.5. The Morgan fingerprint density at radius 2 is 2.10 bits per heavy atom. The summed E-state index contributed by atoms with van der Waals surface area (Å²) in [6, 6.07) is 6.82. The fourth-order valence-electron chi connectivity index (χ4n) is 2.09. The highest BCUT2D eigenvalue weighted by Gasteiger charge is 2.21. The second-order valence-electron chi connectivity index (χ2n) is 4.83. The molecule has 2 amide bonds. The van der Waals surface area contributed by atoms with Gasteiger partial charge in [0.25, 0.3) is 0 Å². The van der Waals surface area contributed by atoms with Gasteiger partial charge in [-0.1, -0.05) is 19.1 Å². The molecule has 0 bridgehead atoms. The molecular weight excluding hydrogens is 276 g/mol. The minimum Gasteiger partial charge on any atom is -0.481 e. The number of urea groups is 1. The van der Waals surface area contributed by atoms with Crippen LogP contribution in [-0.2, 0) is 11.2 Å².